The zero-order valence-corrected chi connectivity index (χ0v) is 13.4. The van der Waals surface area contributed by atoms with Gasteiger partial charge < -0.3 is 10.2 Å². The van der Waals surface area contributed by atoms with E-state index < -0.39 is 0 Å². The van der Waals surface area contributed by atoms with Gasteiger partial charge in [0, 0.05) is 28.8 Å². The summed E-state index contributed by atoms with van der Waals surface area (Å²) < 4.78 is 0. The highest BCUT2D eigenvalue weighted by molar-refractivity contribution is 6.35. The van der Waals surface area contributed by atoms with Crippen molar-refractivity contribution in [1.29, 1.82) is 0 Å². The highest BCUT2D eigenvalue weighted by Crippen LogP contribution is 2.22. The lowest BCUT2D eigenvalue weighted by atomic mass is 9.99. The topological polar surface area (TPSA) is 49.4 Å². The number of likely N-dealkylation sites (tertiary alicyclic amines) is 1. The van der Waals surface area contributed by atoms with Gasteiger partial charge in [-0.2, -0.15) is 0 Å². The van der Waals surface area contributed by atoms with E-state index in [-0.39, 0.29) is 18.2 Å². The largest absolute Gasteiger partial charge is 0.342 e. The van der Waals surface area contributed by atoms with Gasteiger partial charge in [0.25, 0.3) is 0 Å². The van der Waals surface area contributed by atoms with Gasteiger partial charge in [-0.3, -0.25) is 9.59 Å². The summed E-state index contributed by atoms with van der Waals surface area (Å²) in [6.45, 7) is 3.64. The fourth-order valence-corrected chi connectivity index (χ4v) is 2.86. The Kier molecular flexibility index (Phi) is 5.48. The van der Waals surface area contributed by atoms with E-state index in [9.17, 15) is 9.59 Å². The molecule has 0 atom stereocenters. The van der Waals surface area contributed by atoms with Crippen LogP contribution < -0.4 is 5.32 Å². The van der Waals surface area contributed by atoms with Crippen molar-refractivity contribution < 1.29 is 9.59 Å². The molecular formula is C15H18Cl2N2O2. The molecule has 1 aliphatic rings. The van der Waals surface area contributed by atoms with E-state index in [0.29, 0.717) is 21.7 Å². The summed E-state index contributed by atoms with van der Waals surface area (Å²) in [4.78, 5) is 25.7. The van der Waals surface area contributed by atoms with Gasteiger partial charge in [-0.05, 0) is 37.0 Å². The molecule has 1 aromatic carbocycles. The van der Waals surface area contributed by atoms with Crippen LogP contribution in [0.5, 0.6) is 0 Å². The number of benzene rings is 1. The van der Waals surface area contributed by atoms with Gasteiger partial charge in [-0.15, -0.1) is 0 Å². The Morgan fingerprint density at radius 1 is 1.19 bits per heavy atom. The first-order chi connectivity index (χ1) is 9.94. The first-order valence-electron chi connectivity index (χ1n) is 6.98. The molecule has 1 N–H and O–H groups in total. The molecule has 4 nitrogen and oxygen atoms in total. The predicted octanol–water partition coefficient (Wildman–Crippen LogP) is 3.58. The summed E-state index contributed by atoms with van der Waals surface area (Å²) in [5.41, 5.74) is 0.498. The van der Waals surface area contributed by atoms with Crippen LogP contribution in [0.25, 0.3) is 0 Å². The van der Waals surface area contributed by atoms with Gasteiger partial charge in [0.2, 0.25) is 11.8 Å². The van der Waals surface area contributed by atoms with E-state index in [4.69, 9.17) is 23.2 Å². The van der Waals surface area contributed by atoms with E-state index in [1.54, 1.807) is 23.1 Å². The number of halogens is 2. The quantitative estimate of drug-likeness (QED) is 0.862. The third-order valence-corrected chi connectivity index (χ3v) is 4.03. The summed E-state index contributed by atoms with van der Waals surface area (Å²) in [7, 11) is 0. The van der Waals surface area contributed by atoms with Crippen molar-refractivity contribution in [2.45, 2.75) is 26.2 Å². The zero-order valence-electron chi connectivity index (χ0n) is 11.9. The summed E-state index contributed by atoms with van der Waals surface area (Å²) in [5, 5.41) is 3.53. The molecule has 6 heteroatoms. The maximum Gasteiger partial charge on any atom is 0.233 e. The number of nitrogens with zero attached hydrogens (tertiary/aromatic N) is 1. The van der Waals surface area contributed by atoms with Crippen molar-refractivity contribution >= 4 is 40.7 Å². The maximum absolute atomic E-state index is 12.1. The first-order valence-corrected chi connectivity index (χ1v) is 7.73. The Bertz CT molecular complexity index is 520. The maximum atomic E-state index is 12.1. The standard InChI is InChI=1S/C15H18Cl2N2O2/c1-10-2-4-19(5-3-10)15(21)9-14(20)18-13-7-11(16)6-12(17)8-13/h6-8,10H,2-5,9H2,1H3,(H,18,20). The van der Waals surface area contributed by atoms with Gasteiger partial charge in [0.15, 0.2) is 0 Å². The third-order valence-electron chi connectivity index (χ3n) is 3.59. The normalized spacial score (nSPS) is 15.9. The van der Waals surface area contributed by atoms with E-state index in [1.807, 2.05) is 0 Å². The van der Waals surface area contributed by atoms with Crippen LogP contribution in [-0.2, 0) is 9.59 Å². The van der Waals surface area contributed by atoms with Gasteiger partial charge >= 0.3 is 0 Å². The molecule has 0 radical (unpaired) electrons. The lowest BCUT2D eigenvalue weighted by molar-refractivity contribution is -0.135. The summed E-state index contributed by atoms with van der Waals surface area (Å²) in [6, 6.07) is 4.77. The molecule has 1 fully saturated rings. The highest BCUT2D eigenvalue weighted by atomic mass is 35.5. The minimum Gasteiger partial charge on any atom is -0.342 e. The molecule has 2 amide bonds. The second-order valence-corrected chi connectivity index (χ2v) is 6.32. The van der Waals surface area contributed by atoms with Crippen LogP contribution in [0.1, 0.15) is 26.2 Å². The Balaban J connectivity index is 1.88. The third kappa shape index (κ3) is 4.90. The molecule has 0 saturated carbocycles. The number of carbonyl (C=O) groups excluding carboxylic acids is 2. The minimum absolute atomic E-state index is 0.132. The summed E-state index contributed by atoms with van der Waals surface area (Å²) in [5.74, 6) is 0.168. The fourth-order valence-electron chi connectivity index (χ4n) is 2.34. The van der Waals surface area contributed by atoms with Crippen molar-refractivity contribution in [3.05, 3.63) is 28.2 Å². The van der Waals surface area contributed by atoms with Crippen LogP contribution in [0, 0.1) is 5.92 Å². The Morgan fingerprint density at radius 3 is 2.33 bits per heavy atom. The van der Waals surface area contributed by atoms with E-state index in [1.165, 1.54) is 0 Å². The Hall–Kier alpha value is -1.26. The molecule has 1 aliphatic heterocycles. The number of rotatable bonds is 3. The van der Waals surface area contributed by atoms with Gasteiger partial charge in [0.05, 0.1) is 0 Å². The monoisotopic (exact) mass is 328 g/mol. The molecule has 0 aromatic heterocycles. The molecule has 1 aromatic rings. The van der Waals surface area contributed by atoms with Gasteiger partial charge in [0.1, 0.15) is 6.42 Å². The lowest BCUT2D eigenvalue weighted by Crippen LogP contribution is -2.39. The number of nitrogens with one attached hydrogen (secondary N) is 1. The van der Waals surface area contributed by atoms with Gasteiger partial charge in [-0.25, -0.2) is 0 Å². The molecule has 0 bridgehead atoms. The van der Waals surface area contributed by atoms with Crippen LogP contribution in [0.15, 0.2) is 18.2 Å². The van der Waals surface area contributed by atoms with Crippen LogP contribution in [0.2, 0.25) is 10.0 Å². The number of hydrogen-bond acceptors (Lipinski definition) is 2. The highest BCUT2D eigenvalue weighted by Gasteiger charge is 2.22. The average Bonchev–Trinajstić information content (AvgIpc) is 2.37. The van der Waals surface area contributed by atoms with Crippen LogP contribution >= 0.6 is 23.2 Å². The second kappa shape index (κ2) is 7.14. The number of anilines is 1. The number of carbonyl (C=O) groups is 2. The van der Waals surface area contributed by atoms with Crippen LogP contribution in [0.3, 0.4) is 0 Å². The number of amides is 2. The first kappa shape index (κ1) is 16.1. The minimum atomic E-state index is -0.350. The molecule has 0 unspecified atom stereocenters. The van der Waals surface area contributed by atoms with E-state index in [2.05, 4.69) is 12.2 Å². The molecule has 0 spiro atoms. The van der Waals surface area contributed by atoms with Crippen molar-refractivity contribution in [2.24, 2.45) is 5.92 Å². The van der Waals surface area contributed by atoms with Crippen molar-refractivity contribution in [1.82, 2.24) is 4.90 Å². The van der Waals surface area contributed by atoms with Crippen molar-refractivity contribution in [3.8, 4) is 0 Å². The van der Waals surface area contributed by atoms with Crippen LogP contribution in [-0.4, -0.2) is 29.8 Å². The fraction of sp³-hybridized carbons (Fsp3) is 0.467. The van der Waals surface area contributed by atoms with Crippen LogP contribution in [0.4, 0.5) is 5.69 Å². The molecule has 1 saturated heterocycles. The van der Waals surface area contributed by atoms with Gasteiger partial charge in [-0.1, -0.05) is 30.1 Å². The van der Waals surface area contributed by atoms with Crippen molar-refractivity contribution in [2.75, 3.05) is 18.4 Å². The molecular weight excluding hydrogens is 311 g/mol. The average molecular weight is 329 g/mol. The Morgan fingerprint density at radius 2 is 1.76 bits per heavy atom. The molecule has 114 valence electrons. The smallest absolute Gasteiger partial charge is 0.233 e. The second-order valence-electron chi connectivity index (χ2n) is 5.45. The molecule has 1 heterocycles. The van der Waals surface area contributed by atoms with E-state index in [0.717, 1.165) is 25.9 Å². The number of piperidine rings is 1. The SMILES string of the molecule is CC1CCN(C(=O)CC(=O)Nc2cc(Cl)cc(Cl)c2)CC1. The molecule has 0 aliphatic carbocycles. The lowest BCUT2D eigenvalue weighted by Gasteiger charge is -2.30. The molecule has 21 heavy (non-hydrogen) atoms. The summed E-state index contributed by atoms with van der Waals surface area (Å²) in [6.07, 6.45) is 1.84. The summed E-state index contributed by atoms with van der Waals surface area (Å²) >= 11 is 11.7. The number of hydrogen-bond donors (Lipinski definition) is 1. The zero-order chi connectivity index (χ0) is 15.4. The van der Waals surface area contributed by atoms with Crippen molar-refractivity contribution in [3.63, 3.8) is 0 Å². The van der Waals surface area contributed by atoms with E-state index >= 15 is 0 Å². The predicted molar refractivity (Wildman–Crippen MR) is 84.7 cm³/mol. The Labute approximate surface area is 134 Å². The molecule has 2 rings (SSSR count).